The van der Waals surface area contributed by atoms with Crippen LogP contribution in [0.15, 0.2) is 23.3 Å². The zero-order valence-corrected chi connectivity index (χ0v) is 11.6. The van der Waals surface area contributed by atoms with E-state index in [4.69, 9.17) is 9.47 Å². The highest BCUT2D eigenvalue weighted by atomic mass is 16.5. The molecule has 0 rings (SSSR count). The summed E-state index contributed by atoms with van der Waals surface area (Å²) in [5.41, 5.74) is 0.923. The van der Waals surface area contributed by atoms with Crippen LogP contribution in [-0.4, -0.2) is 25.2 Å². The largest absolute Gasteiger partial charge is 0.463 e. The van der Waals surface area contributed by atoms with Crippen molar-refractivity contribution in [1.82, 2.24) is 0 Å². The smallest absolute Gasteiger partial charge is 0.333 e. The summed E-state index contributed by atoms with van der Waals surface area (Å²) >= 11 is 0. The Morgan fingerprint density at radius 2 is 1.44 bits per heavy atom. The zero-order valence-electron chi connectivity index (χ0n) is 11.6. The molecule has 0 saturated carbocycles. The van der Waals surface area contributed by atoms with Crippen LogP contribution in [0, 0.1) is 0 Å². The SMILES string of the molecule is CCCCOC(=O)C(C)=CC=C(C)C(=O)OCC. The third-order valence-corrected chi connectivity index (χ3v) is 2.23. The van der Waals surface area contributed by atoms with Gasteiger partial charge in [-0.05, 0) is 27.2 Å². The minimum absolute atomic E-state index is 0.339. The van der Waals surface area contributed by atoms with Crippen LogP contribution in [-0.2, 0) is 19.1 Å². The first-order valence-electron chi connectivity index (χ1n) is 6.22. The molecule has 0 aliphatic carbocycles. The molecular weight excluding hydrogens is 232 g/mol. The van der Waals surface area contributed by atoms with Crippen LogP contribution < -0.4 is 0 Å². The highest BCUT2D eigenvalue weighted by Gasteiger charge is 2.06. The molecule has 0 unspecified atom stereocenters. The van der Waals surface area contributed by atoms with Gasteiger partial charge >= 0.3 is 11.9 Å². The lowest BCUT2D eigenvalue weighted by atomic mass is 10.2. The number of rotatable bonds is 7. The summed E-state index contributed by atoms with van der Waals surface area (Å²) in [4.78, 5) is 22.8. The molecule has 0 fully saturated rings. The van der Waals surface area contributed by atoms with E-state index in [1.54, 1.807) is 32.9 Å². The third-order valence-electron chi connectivity index (χ3n) is 2.23. The number of ether oxygens (including phenoxy) is 2. The first-order chi connectivity index (χ1) is 8.52. The predicted octanol–water partition coefficient (Wildman–Crippen LogP) is 2.79. The number of carbonyl (C=O) groups excluding carboxylic acids is 2. The van der Waals surface area contributed by atoms with Gasteiger partial charge in [-0.3, -0.25) is 0 Å². The monoisotopic (exact) mass is 254 g/mol. The fraction of sp³-hybridized carbons (Fsp3) is 0.571. The maximum atomic E-state index is 11.5. The van der Waals surface area contributed by atoms with Crippen LogP contribution in [0.2, 0.25) is 0 Å². The molecule has 0 aliphatic rings. The Morgan fingerprint density at radius 1 is 0.944 bits per heavy atom. The van der Waals surface area contributed by atoms with Crippen LogP contribution in [0.1, 0.15) is 40.5 Å². The Labute approximate surface area is 109 Å². The minimum Gasteiger partial charge on any atom is -0.463 e. The average Bonchev–Trinajstić information content (AvgIpc) is 2.35. The lowest BCUT2D eigenvalue weighted by Crippen LogP contribution is -2.07. The van der Waals surface area contributed by atoms with E-state index in [1.165, 1.54) is 0 Å². The fourth-order valence-corrected chi connectivity index (χ4v) is 1.05. The molecule has 0 N–H and O–H groups in total. The Bertz CT molecular complexity index is 340. The molecule has 0 atom stereocenters. The van der Waals surface area contributed by atoms with Crippen molar-refractivity contribution in [3.05, 3.63) is 23.3 Å². The summed E-state index contributed by atoms with van der Waals surface area (Å²) in [6, 6.07) is 0. The van der Waals surface area contributed by atoms with Gasteiger partial charge in [0.15, 0.2) is 0 Å². The standard InChI is InChI=1S/C14H22O4/c1-5-7-10-18-14(16)12(4)9-8-11(3)13(15)17-6-2/h8-9H,5-7,10H2,1-4H3. The van der Waals surface area contributed by atoms with Crippen LogP contribution in [0.5, 0.6) is 0 Å². The number of hydrogen-bond donors (Lipinski definition) is 0. The molecule has 0 aromatic rings. The van der Waals surface area contributed by atoms with Gasteiger partial charge in [0, 0.05) is 11.1 Å². The second kappa shape index (κ2) is 9.45. The molecule has 0 aliphatic heterocycles. The lowest BCUT2D eigenvalue weighted by Gasteiger charge is -2.03. The zero-order chi connectivity index (χ0) is 14.0. The first-order valence-corrected chi connectivity index (χ1v) is 6.22. The molecule has 4 nitrogen and oxygen atoms in total. The van der Waals surface area contributed by atoms with Crippen molar-refractivity contribution in [2.75, 3.05) is 13.2 Å². The van der Waals surface area contributed by atoms with E-state index in [-0.39, 0.29) is 11.9 Å². The lowest BCUT2D eigenvalue weighted by molar-refractivity contribution is -0.139. The van der Waals surface area contributed by atoms with Crippen molar-refractivity contribution >= 4 is 11.9 Å². The van der Waals surface area contributed by atoms with Gasteiger partial charge < -0.3 is 9.47 Å². The molecule has 0 heterocycles. The second-order valence-corrected chi connectivity index (χ2v) is 3.91. The van der Waals surface area contributed by atoms with E-state index in [2.05, 4.69) is 0 Å². The number of allylic oxidation sites excluding steroid dienone is 2. The van der Waals surface area contributed by atoms with Crippen molar-refractivity contribution in [3.8, 4) is 0 Å². The summed E-state index contributed by atoms with van der Waals surface area (Å²) < 4.78 is 9.86. The highest BCUT2D eigenvalue weighted by molar-refractivity contribution is 5.90. The summed E-state index contributed by atoms with van der Waals surface area (Å²) in [6.45, 7) is 7.85. The van der Waals surface area contributed by atoms with Gasteiger partial charge in [0.1, 0.15) is 0 Å². The molecule has 0 saturated heterocycles. The van der Waals surface area contributed by atoms with Gasteiger partial charge in [-0.1, -0.05) is 25.5 Å². The molecule has 0 bridgehead atoms. The first kappa shape index (κ1) is 16.4. The van der Waals surface area contributed by atoms with Crippen molar-refractivity contribution in [1.29, 1.82) is 0 Å². The Balaban J connectivity index is 4.35. The van der Waals surface area contributed by atoms with Gasteiger partial charge in [0.25, 0.3) is 0 Å². The van der Waals surface area contributed by atoms with Crippen LogP contribution in [0.25, 0.3) is 0 Å². The van der Waals surface area contributed by atoms with E-state index in [1.807, 2.05) is 6.92 Å². The maximum absolute atomic E-state index is 11.5. The topological polar surface area (TPSA) is 52.6 Å². The maximum Gasteiger partial charge on any atom is 0.333 e. The van der Waals surface area contributed by atoms with Gasteiger partial charge in [0.2, 0.25) is 0 Å². The van der Waals surface area contributed by atoms with Crippen LogP contribution >= 0.6 is 0 Å². The van der Waals surface area contributed by atoms with Gasteiger partial charge in [-0.2, -0.15) is 0 Å². The molecule has 0 aromatic carbocycles. The van der Waals surface area contributed by atoms with E-state index in [0.717, 1.165) is 12.8 Å². The van der Waals surface area contributed by atoms with Crippen molar-refractivity contribution < 1.29 is 19.1 Å². The molecule has 0 spiro atoms. The van der Waals surface area contributed by atoms with E-state index in [9.17, 15) is 9.59 Å². The van der Waals surface area contributed by atoms with Crippen molar-refractivity contribution in [2.24, 2.45) is 0 Å². The number of carbonyl (C=O) groups is 2. The summed E-state index contributed by atoms with van der Waals surface area (Å²) in [7, 11) is 0. The molecule has 0 radical (unpaired) electrons. The Kier molecular flexibility index (Phi) is 8.62. The molecule has 102 valence electrons. The minimum atomic E-state index is -0.374. The molecule has 0 aromatic heterocycles. The predicted molar refractivity (Wildman–Crippen MR) is 70.0 cm³/mol. The Morgan fingerprint density at radius 3 is 1.89 bits per heavy atom. The number of hydrogen-bond acceptors (Lipinski definition) is 4. The summed E-state index contributed by atoms with van der Waals surface area (Å²) in [5, 5.41) is 0. The van der Waals surface area contributed by atoms with Gasteiger partial charge in [0.05, 0.1) is 13.2 Å². The second-order valence-electron chi connectivity index (χ2n) is 3.91. The molecule has 4 heteroatoms. The van der Waals surface area contributed by atoms with Gasteiger partial charge in [-0.25, -0.2) is 9.59 Å². The average molecular weight is 254 g/mol. The molecule has 0 amide bonds. The van der Waals surface area contributed by atoms with Crippen LogP contribution in [0.4, 0.5) is 0 Å². The van der Waals surface area contributed by atoms with E-state index in [0.29, 0.717) is 24.4 Å². The van der Waals surface area contributed by atoms with Crippen LogP contribution in [0.3, 0.4) is 0 Å². The van der Waals surface area contributed by atoms with E-state index >= 15 is 0 Å². The fourth-order valence-electron chi connectivity index (χ4n) is 1.05. The quantitative estimate of drug-likeness (QED) is 0.303. The number of unbranched alkanes of at least 4 members (excludes halogenated alkanes) is 1. The molecular formula is C14H22O4. The van der Waals surface area contributed by atoms with Crippen molar-refractivity contribution in [2.45, 2.75) is 40.5 Å². The molecule has 18 heavy (non-hydrogen) atoms. The summed E-state index contributed by atoms with van der Waals surface area (Å²) in [5.74, 6) is -0.725. The normalized spacial score (nSPS) is 12.2. The third kappa shape index (κ3) is 6.89. The Hall–Kier alpha value is -1.58. The van der Waals surface area contributed by atoms with E-state index < -0.39 is 0 Å². The highest BCUT2D eigenvalue weighted by Crippen LogP contribution is 2.03. The van der Waals surface area contributed by atoms with Crippen molar-refractivity contribution in [3.63, 3.8) is 0 Å². The van der Waals surface area contributed by atoms with Gasteiger partial charge in [-0.15, -0.1) is 0 Å². The summed E-state index contributed by atoms with van der Waals surface area (Å²) in [6.07, 6.45) is 4.98. The number of esters is 2.